The standard InChI is InChI=1S/C15H21NO3/c1-10(2)18-13-7-11(15(17)16(3)4)8-14(9-13)19-12-5-6-12/h7-10,12H,5-6H2,1-4H3. The first-order valence-corrected chi connectivity index (χ1v) is 6.66. The molecule has 19 heavy (non-hydrogen) atoms. The monoisotopic (exact) mass is 263 g/mol. The van der Waals surface area contributed by atoms with E-state index in [0.717, 1.165) is 12.8 Å². The van der Waals surface area contributed by atoms with Crippen LogP contribution < -0.4 is 9.47 Å². The second kappa shape index (κ2) is 5.51. The van der Waals surface area contributed by atoms with Gasteiger partial charge in [0, 0.05) is 25.7 Å². The molecule has 1 aromatic carbocycles. The van der Waals surface area contributed by atoms with Gasteiger partial charge in [0.1, 0.15) is 11.5 Å². The lowest BCUT2D eigenvalue weighted by Crippen LogP contribution is -2.22. The van der Waals surface area contributed by atoms with E-state index in [9.17, 15) is 4.79 Å². The zero-order valence-electron chi connectivity index (χ0n) is 12.0. The highest BCUT2D eigenvalue weighted by Crippen LogP contribution is 2.30. The van der Waals surface area contributed by atoms with Gasteiger partial charge in [-0.25, -0.2) is 0 Å². The Bertz CT molecular complexity index is 442. The Kier molecular flexibility index (Phi) is 3.98. The van der Waals surface area contributed by atoms with Crippen molar-refractivity contribution in [2.24, 2.45) is 0 Å². The number of nitrogens with zero attached hydrogens (tertiary/aromatic N) is 1. The van der Waals surface area contributed by atoms with Gasteiger partial charge in [-0.2, -0.15) is 0 Å². The molecule has 0 spiro atoms. The van der Waals surface area contributed by atoms with Crippen LogP contribution >= 0.6 is 0 Å². The number of ether oxygens (including phenoxy) is 2. The fourth-order valence-electron chi connectivity index (χ4n) is 1.74. The molecule has 0 bridgehead atoms. The predicted molar refractivity (Wildman–Crippen MR) is 73.9 cm³/mol. The SMILES string of the molecule is CC(C)Oc1cc(OC2CC2)cc(C(=O)N(C)C)c1. The first-order chi connectivity index (χ1) is 8.95. The van der Waals surface area contributed by atoms with Crippen LogP contribution in [0.1, 0.15) is 37.0 Å². The van der Waals surface area contributed by atoms with E-state index in [1.807, 2.05) is 19.9 Å². The van der Waals surface area contributed by atoms with Crippen molar-refractivity contribution in [1.29, 1.82) is 0 Å². The molecule has 0 radical (unpaired) electrons. The molecule has 0 aromatic heterocycles. The van der Waals surface area contributed by atoms with E-state index in [-0.39, 0.29) is 12.0 Å². The summed E-state index contributed by atoms with van der Waals surface area (Å²) in [5, 5.41) is 0. The lowest BCUT2D eigenvalue weighted by molar-refractivity contribution is 0.0826. The molecule has 0 heterocycles. The van der Waals surface area contributed by atoms with E-state index in [1.165, 1.54) is 0 Å². The Balaban J connectivity index is 2.26. The van der Waals surface area contributed by atoms with Crippen molar-refractivity contribution in [2.45, 2.75) is 38.9 Å². The van der Waals surface area contributed by atoms with Crippen LogP contribution in [0.3, 0.4) is 0 Å². The lowest BCUT2D eigenvalue weighted by atomic mass is 10.1. The van der Waals surface area contributed by atoms with Crippen molar-refractivity contribution in [1.82, 2.24) is 4.90 Å². The average Bonchev–Trinajstić information content (AvgIpc) is 3.10. The van der Waals surface area contributed by atoms with Crippen LogP contribution in [0.4, 0.5) is 0 Å². The van der Waals surface area contributed by atoms with Gasteiger partial charge in [-0.1, -0.05) is 0 Å². The van der Waals surface area contributed by atoms with Crippen molar-refractivity contribution in [3.63, 3.8) is 0 Å². The Hall–Kier alpha value is -1.71. The Labute approximate surface area is 114 Å². The molecule has 1 aliphatic carbocycles. The van der Waals surface area contributed by atoms with Gasteiger partial charge in [0.2, 0.25) is 0 Å². The molecule has 4 nitrogen and oxygen atoms in total. The minimum Gasteiger partial charge on any atom is -0.491 e. The topological polar surface area (TPSA) is 38.8 Å². The summed E-state index contributed by atoms with van der Waals surface area (Å²) in [5.74, 6) is 1.35. The van der Waals surface area contributed by atoms with Crippen LogP contribution in [-0.4, -0.2) is 37.1 Å². The second-order valence-electron chi connectivity index (χ2n) is 5.38. The molecule has 1 saturated carbocycles. The Morgan fingerprint density at radius 3 is 2.37 bits per heavy atom. The molecule has 1 amide bonds. The summed E-state index contributed by atoms with van der Waals surface area (Å²) in [6, 6.07) is 5.40. The molecule has 0 N–H and O–H groups in total. The highest BCUT2D eigenvalue weighted by atomic mass is 16.5. The minimum absolute atomic E-state index is 0.0464. The molecule has 104 valence electrons. The van der Waals surface area contributed by atoms with Crippen molar-refractivity contribution in [2.75, 3.05) is 14.1 Å². The van der Waals surface area contributed by atoms with Crippen molar-refractivity contribution >= 4 is 5.91 Å². The number of carbonyl (C=O) groups excluding carboxylic acids is 1. The van der Waals surface area contributed by atoms with Crippen LogP contribution in [0, 0.1) is 0 Å². The summed E-state index contributed by atoms with van der Waals surface area (Å²) < 4.78 is 11.4. The maximum absolute atomic E-state index is 12.1. The third-order valence-corrected chi connectivity index (χ3v) is 2.73. The summed E-state index contributed by atoms with van der Waals surface area (Å²) in [6.07, 6.45) is 2.55. The summed E-state index contributed by atoms with van der Waals surface area (Å²) in [7, 11) is 3.47. The summed E-state index contributed by atoms with van der Waals surface area (Å²) >= 11 is 0. The van der Waals surface area contributed by atoms with Crippen LogP contribution in [-0.2, 0) is 0 Å². The lowest BCUT2D eigenvalue weighted by Gasteiger charge is -2.15. The third kappa shape index (κ3) is 3.88. The normalized spacial score (nSPS) is 14.4. The van der Waals surface area contributed by atoms with Crippen molar-refractivity contribution < 1.29 is 14.3 Å². The molecule has 0 saturated heterocycles. The van der Waals surface area contributed by atoms with Crippen molar-refractivity contribution in [3.05, 3.63) is 23.8 Å². The zero-order valence-corrected chi connectivity index (χ0v) is 12.0. The number of benzene rings is 1. The zero-order chi connectivity index (χ0) is 14.0. The molecule has 0 atom stereocenters. The Morgan fingerprint density at radius 1 is 1.21 bits per heavy atom. The third-order valence-electron chi connectivity index (χ3n) is 2.73. The van der Waals surface area contributed by atoms with Gasteiger partial charge in [-0.15, -0.1) is 0 Å². The molecular formula is C15H21NO3. The van der Waals surface area contributed by atoms with Gasteiger partial charge >= 0.3 is 0 Å². The maximum Gasteiger partial charge on any atom is 0.253 e. The van der Waals surface area contributed by atoms with Crippen LogP contribution in [0.5, 0.6) is 11.5 Å². The fraction of sp³-hybridized carbons (Fsp3) is 0.533. The van der Waals surface area contributed by atoms with Crippen LogP contribution in [0.25, 0.3) is 0 Å². The molecule has 2 rings (SSSR count). The molecular weight excluding hydrogens is 242 g/mol. The quantitative estimate of drug-likeness (QED) is 0.820. The first kappa shape index (κ1) is 13.7. The number of hydrogen-bond acceptors (Lipinski definition) is 3. The van der Waals surface area contributed by atoms with E-state index in [2.05, 4.69) is 0 Å². The van der Waals surface area contributed by atoms with E-state index in [1.54, 1.807) is 31.1 Å². The summed E-state index contributed by atoms with van der Waals surface area (Å²) in [5.41, 5.74) is 0.596. The smallest absolute Gasteiger partial charge is 0.253 e. The maximum atomic E-state index is 12.1. The minimum atomic E-state index is -0.0464. The largest absolute Gasteiger partial charge is 0.491 e. The van der Waals surface area contributed by atoms with Crippen LogP contribution in [0.2, 0.25) is 0 Å². The van der Waals surface area contributed by atoms with Crippen LogP contribution in [0.15, 0.2) is 18.2 Å². The highest BCUT2D eigenvalue weighted by Gasteiger charge is 2.24. The van der Waals surface area contributed by atoms with Gasteiger partial charge in [0.05, 0.1) is 12.2 Å². The number of hydrogen-bond donors (Lipinski definition) is 0. The molecule has 0 aliphatic heterocycles. The van der Waals surface area contributed by atoms with Gasteiger partial charge in [-0.3, -0.25) is 4.79 Å². The molecule has 0 unspecified atom stereocenters. The Morgan fingerprint density at radius 2 is 1.84 bits per heavy atom. The highest BCUT2D eigenvalue weighted by molar-refractivity contribution is 5.94. The van der Waals surface area contributed by atoms with Crippen molar-refractivity contribution in [3.8, 4) is 11.5 Å². The predicted octanol–water partition coefficient (Wildman–Crippen LogP) is 2.72. The number of rotatable bonds is 5. The fourth-order valence-corrected chi connectivity index (χ4v) is 1.74. The number of amides is 1. The number of carbonyl (C=O) groups is 1. The second-order valence-corrected chi connectivity index (χ2v) is 5.38. The molecule has 1 fully saturated rings. The van der Waals surface area contributed by atoms with E-state index < -0.39 is 0 Å². The van der Waals surface area contributed by atoms with Gasteiger partial charge < -0.3 is 14.4 Å². The summed E-state index contributed by atoms with van der Waals surface area (Å²) in [4.78, 5) is 13.6. The molecule has 4 heteroatoms. The molecule has 1 aromatic rings. The summed E-state index contributed by atoms with van der Waals surface area (Å²) in [6.45, 7) is 3.92. The molecule has 1 aliphatic rings. The first-order valence-electron chi connectivity index (χ1n) is 6.66. The van der Waals surface area contributed by atoms with Gasteiger partial charge in [-0.05, 0) is 38.8 Å². The van der Waals surface area contributed by atoms with Gasteiger partial charge in [0.15, 0.2) is 0 Å². The average molecular weight is 263 g/mol. The van der Waals surface area contributed by atoms with E-state index in [4.69, 9.17) is 9.47 Å². The van der Waals surface area contributed by atoms with Gasteiger partial charge in [0.25, 0.3) is 5.91 Å². The van der Waals surface area contributed by atoms with E-state index in [0.29, 0.717) is 23.2 Å². The van der Waals surface area contributed by atoms with E-state index >= 15 is 0 Å².